The summed E-state index contributed by atoms with van der Waals surface area (Å²) in [6, 6.07) is 3.56. The number of hydrogen-bond acceptors (Lipinski definition) is 8. The molecule has 0 atom stereocenters. The van der Waals surface area contributed by atoms with Gasteiger partial charge in [-0.15, -0.1) is 0 Å². The van der Waals surface area contributed by atoms with Crippen LogP contribution in [0.1, 0.15) is 5.82 Å². The van der Waals surface area contributed by atoms with Crippen LogP contribution < -0.4 is 15.4 Å². The molecule has 3 heterocycles. The summed E-state index contributed by atoms with van der Waals surface area (Å²) < 4.78 is 5.14. The third-order valence-corrected chi connectivity index (χ3v) is 3.63. The van der Waals surface area contributed by atoms with Crippen molar-refractivity contribution in [3.8, 4) is 5.88 Å². The van der Waals surface area contributed by atoms with Gasteiger partial charge in [0.2, 0.25) is 5.88 Å². The highest BCUT2D eigenvalue weighted by Crippen LogP contribution is 2.17. The number of piperazine rings is 1. The number of nitrogens with two attached hydrogens (primary N) is 1. The van der Waals surface area contributed by atoms with Crippen molar-refractivity contribution in [2.24, 2.45) is 0 Å². The summed E-state index contributed by atoms with van der Waals surface area (Å²) in [5.74, 6) is 2.75. The molecule has 1 fully saturated rings. The van der Waals surface area contributed by atoms with Gasteiger partial charge in [-0.1, -0.05) is 0 Å². The second-order valence-corrected chi connectivity index (χ2v) is 5.08. The number of anilines is 2. The lowest BCUT2D eigenvalue weighted by molar-refractivity contribution is 0.243. The Bertz CT molecular complexity index is 628. The Kier molecular flexibility index (Phi) is 4.29. The Balaban J connectivity index is 1.58. The fraction of sp³-hybridized carbons (Fsp3) is 0.429. The van der Waals surface area contributed by atoms with Gasteiger partial charge in [-0.05, 0) is 6.07 Å². The molecule has 0 aromatic carbocycles. The zero-order valence-corrected chi connectivity index (χ0v) is 12.5. The number of nitrogen functional groups attached to an aromatic ring is 1. The Morgan fingerprint density at radius 1 is 1.18 bits per heavy atom. The average Bonchev–Trinajstić information content (AvgIpc) is 2.56. The molecule has 0 radical (unpaired) electrons. The second kappa shape index (κ2) is 6.52. The van der Waals surface area contributed by atoms with E-state index in [0.29, 0.717) is 18.2 Å². The first kappa shape index (κ1) is 14.5. The van der Waals surface area contributed by atoms with Crippen LogP contribution in [0.4, 0.5) is 11.6 Å². The largest absolute Gasteiger partial charge is 0.481 e. The third-order valence-electron chi connectivity index (χ3n) is 3.63. The van der Waals surface area contributed by atoms with Crippen LogP contribution in [0.25, 0.3) is 0 Å². The molecule has 0 spiro atoms. The molecule has 1 aliphatic heterocycles. The minimum absolute atomic E-state index is 0.511. The van der Waals surface area contributed by atoms with Crippen LogP contribution in [-0.4, -0.2) is 58.1 Å². The normalized spacial score (nSPS) is 15.8. The van der Waals surface area contributed by atoms with Crippen LogP contribution in [0.3, 0.4) is 0 Å². The summed E-state index contributed by atoms with van der Waals surface area (Å²) in [5, 5.41) is 0. The van der Waals surface area contributed by atoms with Crippen LogP contribution in [0, 0.1) is 0 Å². The van der Waals surface area contributed by atoms with E-state index in [2.05, 4.69) is 29.7 Å². The monoisotopic (exact) mass is 301 g/mol. The van der Waals surface area contributed by atoms with Gasteiger partial charge < -0.3 is 15.4 Å². The Morgan fingerprint density at radius 2 is 2.00 bits per heavy atom. The molecule has 8 heteroatoms. The maximum Gasteiger partial charge on any atom is 0.218 e. The summed E-state index contributed by atoms with van der Waals surface area (Å²) in [4.78, 5) is 21.4. The minimum Gasteiger partial charge on any atom is -0.481 e. The molecule has 3 rings (SSSR count). The van der Waals surface area contributed by atoms with Crippen LogP contribution in [-0.2, 0) is 6.54 Å². The molecule has 0 bridgehead atoms. The zero-order valence-electron chi connectivity index (χ0n) is 12.5. The van der Waals surface area contributed by atoms with Gasteiger partial charge in [0.15, 0.2) is 0 Å². The van der Waals surface area contributed by atoms with Gasteiger partial charge in [0.1, 0.15) is 23.8 Å². The van der Waals surface area contributed by atoms with E-state index in [1.807, 2.05) is 6.07 Å². The molecule has 1 saturated heterocycles. The third kappa shape index (κ3) is 3.40. The minimum atomic E-state index is 0.511. The predicted molar refractivity (Wildman–Crippen MR) is 82.5 cm³/mol. The lowest BCUT2D eigenvalue weighted by atomic mass is 10.3. The maximum atomic E-state index is 5.69. The molecular formula is C14H19N7O. The van der Waals surface area contributed by atoms with Crippen molar-refractivity contribution in [1.29, 1.82) is 0 Å². The molecule has 2 aromatic heterocycles. The molecule has 2 aromatic rings. The van der Waals surface area contributed by atoms with E-state index in [0.717, 1.165) is 37.8 Å². The molecule has 8 nitrogen and oxygen atoms in total. The van der Waals surface area contributed by atoms with Gasteiger partial charge in [0.25, 0.3) is 0 Å². The second-order valence-electron chi connectivity index (χ2n) is 5.08. The summed E-state index contributed by atoms with van der Waals surface area (Å²) in [6.07, 6.45) is 3.22. The van der Waals surface area contributed by atoms with Crippen molar-refractivity contribution in [3.05, 3.63) is 30.5 Å². The molecule has 0 amide bonds. The van der Waals surface area contributed by atoms with E-state index in [1.54, 1.807) is 19.4 Å². The van der Waals surface area contributed by atoms with E-state index in [1.165, 1.54) is 6.33 Å². The first-order chi connectivity index (χ1) is 10.7. The van der Waals surface area contributed by atoms with Crippen molar-refractivity contribution in [2.45, 2.75) is 6.54 Å². The van der Waals surface area contributed by atoms with E-state index in [9.17, 15) is 0 Å². The van der Waals surface area contributed by atoms with Crippen LogP contribution in [0.2, 0.25) is 0 Å². The van der Waals surface area contributed by atoms with Gasteiger partial charge in [0, 0.05) is 38.4 Å². The van der Waals surface area contributed by atoms with Crippen LogP contribution in [0.15, 0.2) is 24.7 Å². The number of methoxy groups -OCH3 is 1. The fourth-order valence-electron chi connectivity index (χ4n) is 2.44. The highest BCUT2D eigenvalue weighted by atomic mass is 16.5. The Labute approximate surface area is 129 Å². The van der Waals surface area contributed by atoms with Crippen LogP contribution >= 0.6 is 0 Å². The number of aromatic nitrogens is 4. The average molecular weight is 301 g/mol. The summed E-state index contributed by atoms with van der Waals surface area (Å²) in [6.45, 7) is 4.34. The molecule has 1 aliphatic rings. The molecule has 22 heavy (non-hydrogen) atoms. The number of rotatable bonds is 4. The fourth-order valence-corrected chi connectivity index (χ4v) is 2.44. The Hall–Kier alpha value is -2.48. The molecular weight excluding hydrogens is 282 g/mol. The van der Waals surface area contributed by atoms with E-state index >= 15 is 0 Å². The van der Waals surface area contributed by atoms with Crippen molar-refractivity contribution in [3.63, 3.8) is 0 Å². The van der Waals surface area contributed by atoms with Gasteiger partial charge in [-0.3, -0.25) is 4.90 Å². The van der Waals surface area contributed by atoms with Crippen LogP contribution in [0.5, 0.6) is 5.88 Å². The summed E-state index contributed by atoms with van der Waals surface area (Å²) in [5.41, 5.74) is 5.69. The first-order valence-electron chi connectivity index (χ1n) is 7.15. The standard InChI is InChI=1S/C14H19N7O/c1-22-14-8-13(17-10-18-14)21-6-4-20(5-7-21)9-12-16-3-2-11(15)19-12/h2-3,8,10H,4-7,9H2,1H3,(H2,15,16,19). The smallest absolute Gasteiger partial charge is 0.218 e. The summed E-state index contributed by atoms with van der Waals surface area (Å²) >= 11 is 0. The van der Waals surface area contributed by atoms with E-state index in [4.69, 9.17) is 10.5 Å². The number of hydrogen-bond donors (Lipinski definition) is 1. The molecule has 0 unspecified atom stereocenters. The van der Waals surface area contributed by atoms with Crippen molar-refractivity contribution in [1.82, 2.24) is 24.8 Å². The molecule has 2 N–H and O–H groups in total. The predicted octanol–water partition coefficient (Wildman–Crippen LogP) is 0.180. The molecule has 0 aliphatic carbocycles. The SMILES string of the molecule is COc1cc(N2CCN(Cc3nccc(N)n3)CC2)ncn1. The van der Waals surface area contributed by atoms with Gasteiger partial charge >= 0.3 is 0 Å². The summed E-state index contributed by atoms with van der Waals surface area (Å²) in [7, 11) is 1.61. The van der Waals surface area contributed by atoms with Crippen molar-refractivity contribution in [2.75, 3.05) is 43.9 Å². The Morgan fingerprint density at radius 3 is 2.73 bits per heavy atom. The lowest BCUT2D eigenvalue weighted by Gasteiger charge is -2.34. The van der Waals surface area contributed by atoms with Crippen molar-refractivity contribution < 1.29 is 4.74 Å². The maximum absolute atomic E-state index is 5.69. The highest BCUT2D eigenvalue weighted by molar-refractivity contribution is 5.41. The van der Waals surface area contributed by atoms with Gasteiger partial charge in [-0.25, -0.2) is 19.9 Å². The van der Waals surface area contributed by atoms with E-state index < -0.39 is 0 Å². The molecule has 116 valence electrons. The topological polar surface area (TPSA) is 93.3 Å². The lowest BCUT2D eigenvalue weighted by Crippen LogP contribution is -2.46. The number of nitrogens with zero attached hydrogens (tertiary/aromatic N) is 6. The van der Waals surface area contributed by atoms with E-state index in [-0.39, 0.29) is 0 Å². The van der Waals surface area contributed by atoms with Gasteiger partial charge in [-0.2, -0.15) is 0 Å². The number of ether oxygens (including phenoxy) is 1. The molecule has 0 saturated carbocycles. The quantitative estimate of drug-likeness (QED) is 0.855. The van der Waals surface area contributed by atoms with Gasteiger partial charge in [0.05, 0.1) is 13.7 Å². The first-order valence-corrected chi connectivity index (χ1v) is 7.15. The zero-order chi connectivity index (χ0) is 15.4. The van der Waals surface area contributed by atoms with Crippen molar-refractivity contribution >= 4 is 11.6 Å². The highest BCUT2D eigenvalue weighted by Gasteiger charge is 2.19.